The zero-order chi connectivity index (χ0) is 24.0. The monoisotopic (exact) mass is 506 g/mol. The molecule has 0 fully saturated rings. The number of sulfonamides is 1. The van der Waals surface area contributed by atoms with Gasteiger partial charge in [-0.2, -0.15) is 0 Å². The molecule has 0 atom stereocenters. The minimum atomic E-state index is -3.74. The Morgan fingerprint density at radius 1 is 0.970 bits per heavy atom. The Hall–Kier alpha value is -2.74. The highest BCUT2D eigenvalue weighted by atomic mass is 35.5. The van der Waals surface area contributed by atoms with E-state index in [1.54, 1.807) is 36.4 Å². The zero-order valence-electron chi connectivity index (χ0n) is 18.2. The topological polar surface area (TPSA) is 84.5 Å². The number of carbonyl (C=O) groups excluding carboxylic acids is 1. The van der Waals surface area contributed by atoms with Crippen molar-refractivity contribution < 1.29 is 17.9 Å². The SMILES string of the molecule is Cc1ccc(NS(=O)(=O)c2ccc(NC(=O)CCCOc3ccc(Cl)cc3Cl)cc2)c(C)c1. The smallest absolute Gasteiger partial charge is 0.261 e. The first-order valence-electron chi connectivity index (χ1n) is 10.2. The lowest BCUT2D eigenvalue weighted by atomic mass is 10.1. The highest BCUT2D eigenvalue weighted by Gasteiger charge is 2.15. The van der Waals surface area contributed by atoms with Gasteiger partial charge in [0.15, 0.2) is 0 Å². The molecule has 1 amide bonds. The summed E-state index contributed by atoms with van der Waals surface area (Å²) in [6.45, 7) is 4.11. The number of benzene rings is 3. The molecule has 0 aromatic heterocycles. The maximum absolute atomic E-state index is 12.7. The van der Waals surface area contributed by atoms with Crippen molar-refractivity contribution in [3.63, 3.8) is 0 Å². The summed E-state index contributed by atoms with van der Waals surface area (Å²) in [5.41, 5.74) is 2.92. The number of amides is 1. The second-order valence-electron chi connectivity index (χ2n) is 7.52. The summed E-state index contributed by atoms with van der Waals surface area (Å²) in [6.07, 6.45) is 0.719. The molecule has 3 rings (SSSR count). The van der Waals surface area contributed by atoms with Crippen molar-refractivity contribution in [1.82, 2.24) is 0 Å². The minimum Gasteiger partial charge on any atom is -0.492 e. The first-order chi connectivity index (χ1) is 15.6. The van der Waals surface area contributed by atoms with Gasteiger partial charge >= 0.3 is 0 Å². The molecular formula is C24H24Cl2N2O4S. The third-order valence-electron chi connectivity index (χ3n) is 4.77. The van der Waals surface area contributed by atoms with E-state index in [0.29, 0.717) is 40.2 Å². The van der Waals surface area contributed by atoms with Crippen LogP contribution in [0.1, 0.15) is 24.0 Å². The Morgan fingerprint density at radius 3 is 2.36 bits per heavy atom. The summed E-state index contributed by atoms with van der Waals surface area (Å²) in [5, 5.41) is 3.68. The molecule has 0 bridgehead atoms. The highest BCUT2D eigenvalue weighted by molar-refractivity contribution is 7.92. The van der Waals surface area contributed by atoms with Crippen LogP contribution >= 0.6 is 23.2 Å². The van der Waals surface area contributed by atoms with Gasteiger partial charge in [0.1, 0.15) is 5.75 Å². The minimum absolute atomic E-state index is 0.105. The second kappa shape index (κ2) is 10.9. The van der Waals surface area contributed by atoms with Crippen LogP contribution < -0.4 is 14.8 Å². The number of carbonyl (C=O) groups is 1. The molecule has 3 aromatic carbocycles. The van der Waals surface area contributed by atoms with Crippen LogP contribution in [0.3, 0.4) is 0 Å². The number of nitrogens with one attached hydrogen (secondary N) is 2. The summed E-state index contributed by atoms with van der Waals surface area (Å²) >= 11 is 11.9. The van der Waals surface area contributed by atoms with E-state index >= 15 is 0 Å². The molecule has 0 saturated heterocycles. The van der Waals surface area contributed by atoms with E-state index in [-0.39, 0.29) is 17.2 Å². The van der Waals surface area contributed by atoms with E-state index in [1.807, 2.05) is 26.0 Å². The van der Waals surface area contributed by atoms with E-state index in [0.717, 1.165) is 11.1 Å². The van der Waals surface area contributed by atoms with E-state index in [2.05, 4.69) is 10.0 Å². The molecule has 0 unspecified atom stereocenters. The molecular weight excluding hydrogens is 483 g/mol. The number of hydrogen-bond donors (Lipinski definition) is 2. The first-order valence-corrected chi connectivity index (χ1v) is 12.5. The summed E-state index contributed by atoms with van der Waals surface area (Å²) in [4.78, 5) is 12.3. The first kappa shape index (κ1) is 24.9. The molecule has 2 N–H and O–H groups in total. The fourth-order valence-corrected chi connectivity index (χ4v) is 4.67. The summed E-state index contributed by atoms with van der Waals surface area (Å²) in [6, 6.07) is 16.4. The number of anilines is 2. The van der Waals surface area contributed by atoms with E-state index < -0.39 is 10.0 Å². The van der Waals surface area contributed by atoms with Crippen molar-refractivity contribution in [2.24, 2.45) is 0 Å². The van der Waals surface area contributed by atoms with E-state index in [1.165, 1.54) is 12.1 Å². The average Bonchev–Trinajstić information content (AvgIpc) is 2.75. The van der Waals surface area contributed by atoms with Gasteiger partial charge in [-0.15, -0.1) is 0 Å². The van der Waals surface area contributed by atoms with Gasteiger partial charge in [0.05, 0.1) is 22.2 Å². The molecule has 33 heavy (non-hydrogen) atoms. The number of aryl methyl sites for hydroxylation is 2. The van der Waals surface area contributed by atoms with Crippen molar-refractivity contribution in [2.75, 3.05) is 16.6 Å². The molecule has 0 radical (unpaired) electrons. The van der Waals surface area contributed by atoms with Crippen LogP contribution in [0.15, 0.2) is 65.6 Å². The van der Waals surface area contributed by atoms with Crippen LogP contribution in [-0.2, 0) is 14.8 Å². The third kappa shape index (κ3) is 7.12. The van der Waals surface area contributed by atoms with Crippen molar-refractivity contribution in [3.05, 3.63) is 81.8 Å². The lowest BCUT2D eigenvalue weighted by Gasteiger charge is -2.12. The summed E-state index contributed by atoms with van der Waals surface area (Å²) < 4.78 is 33.5. The van der Waals surface area contributed by atoms with Gasteiger partial charge in [-0.25, -0.2) is 8.42 Å². The van der Waals surface area contributed by atoms with Crippen LogP contribution in [0.2, 0.25) is 10.0 Å². The number of halogens is 2. The molecule has 3 aromatic rings. The molecule has 0 aliphatic rings. The maximum Gasteiger partial charge on any atom is 0.261 e. The number of hydrogen-bond acceptors (Lipinski definition) is 4. The Kier molecular flexibility index (Phi) is 8.24. The standard InChI is InChI=1S/C24H24Cl2N2O4S/c1-16-5-11-22(17(2)14-16)28-33(30,31)20-9-7-19(8-10-20)27-24(29)4-3-13-32-23-12-6-18(25)15-21(23)26/h5-12,14-15,28H,3-4,13H2,1-2H3,(H,27,29). The number of rotatable bonds is 9. The zero-order valence-corrected chi connectivity index (χ0v) is 20.5. The van der Waals surface area contributed by atoms with Crippen molar-refractivity contribution >= 4 is 50.5 Å². The van der Waals surface area contributed by atoms with Crippen LogP contribution in [0.5, 0.6) is 5.75 Å². The summed E-state index contributed by atoms with van der Waals surface area (Å²) in [7, 11) is -3.74. The summed E-state index contributed by atoms with van der Waals surface area (Å²) in [5.74, 6) is 0.303. The van der Waals surface area contributed by atoms with Gasteiger partial charge < -0.3 is 10.1 Å². The van der Waals surface area contributed by atoms with Gasteiger partial charge in [0, 0.05) is 17.1 Å². The van der Waals surface area contributed by atoms with Crippen molar-refractivity contribution in [3.8, 4) is 5.75 Å². The molecule has 174 valence electrons. The largest absolute Gasteiger partial charge is 0.492 e. The molecule has 0 saturated carbocycles. The Labute approximate surface area is 203 Å². The number of ether oxygens (including phenoxy) is 1. The van der Waals surface area contributed by atoms with Gasteiger partial charge in [0.2, 0.25) is 5.91 Å². The van der Waals surface area contributed by atoms with Gasteiger partial charge in [-0.1, -0.05) is 40.9 Å². The van der Waals surface area contributed by atoms with Crippen LogP contribution in [0, 0.1) is 13.8 Å². The normalized spacial score (nSPS) is 11.2. The van der Waals surface area contributed by atoms with Gasteiger partial charge in [-0.3, -0.25) is 9.52 Å². The second-order valence-corrected chi connectivity index (χ2v) is 10.0. The molecule has 0 spiro atoms. The average molecular weight is 507 g/mol. The Bertz CT molecular complexity index is 1250. The lowest BCUT2D eigenvalue weighted by Crippen LogP contribution is -2.15. The van der Waals surface area contributed by atoms with E-state index in [9.17, 15) is 13.2 Å². The molecule has 6 nitrogen and oxygen atoms in total. The predicted molar refractivity (Wildman–Crippen MR) is 133 cm³/mol. The molecule has 0 aliphatic carbocycles. The van der Waals surface area contributed by atoms with Crippen LogP contribution in [0.4, 0.5) is 11.4 Å². The molecule has 0 heterocycles. The fourth-order valence-electron chi connectivity index (χ4n) is 3.08. The lowest BCUT2D eigenvalue weighted by molar-refractivity contribution is -0.116. The highest BCUT2D eigenvalue weighted by Crippen LogP contribution is 2.27. The predicted octanol–water partition coefficient (Wildman–Crippen LogP) is 6.21. The van der Waals surface area contributed by atoms with Crippen LogP contribution in [-0.4, -0.2) is 20.9 Å². The van der Waals surface area contributed by atoms with Crippen molar-refractivity contribution in [2.45, 2.75) is 31.6 Å². The Balaban J connectivity index is 1.50. The van der Waals surface area contributed by atoms with Crippen molar-refractivity contribution in [1.29, 1.82) is 0 Å². The van der Waals surface area contributed by atoms with Crippen LogP contribution in [0.25, 0.3) is 0 Å². The third-order valence-corrected chi connectivity index (χ3v) is 6.69. The van der Waals surface area contributed by atoms with Gasteiger partial charge in [-0.05, 0) is 74.4 Å². The van der Waals surface area contributed by atoms with Gasteiger partial charge in [0.25, 0.3) is 10.0 Å². The fraction of sp³-hybridized carbons (Fsp3) is 0.208. The quantitative estimate of drug-likeness (QED) is 0.338. The molecule has 0 aliphatic heterocycles. The molecule has 9 heteroatoms. The maximum atomic E-state index is 12.7. The van der Waals surface area contributed by atoms with E-state index in [4.69, 9.17) is 27.9 Å². The Morgan fingerprint density at radius 2 is 1.70 bits per heavy atom.